The molecule has 8 rings (SSSR count). The third-order valence-corrected chi connectivity index (χ3v) is 9.06. The van der Waals surface area contributed by atoms with Crippen LogP contribution in [0, 0.1) is 0 Å². The Labute approximate surface area is 219 Å². The van der Waals surface area contributed by atoms with Gasteiger partial charge in [-0.1, -0.05) is 24.3 Å². The summed E-state index contributed by atoms with van der Waals surface area (Å²) in [4.78, 5) is 13.5. The van der Waals surface area contributed by atoms with E-state index in [1.807, 2.05) is 7.05 Å². The van der Waals surface area contributed by atoms with E-state index in [2.05, 4.69) is 69.2 Å². The molecule has 5 aromatic rings. The summed E-state index contributed by atoms with van der Waals surface area (Å²) in [6.07, 6.45) is 0.258. The molecule has 1 saturated heterocycles. The molecule has 0 spiro atoms. The van der Waals surface area contributed by atoms with E-state index in [9.17, 15) is 4.79 Å². The predicted octanol–water partition coefficient (Wildman–Crippen LogP) is 4.50. The van der Waals surface area contributed by atoms with Crippen molar-refractivity contribution in [1.82, 2.24) is 19.8 Å². The summed E-state index contributed by atoms with van der Waals surface area (Å²) in [5.41, 5.74) is 6.42. The maximum Gasteiger partial charge on any atom is 0.252 e. The van der Waals surface area contributed by atoms with Crippen molar-refractivity contribution in [3.05, 3.63) is 59.2 Å². The number of aromatic nitrogens is 2. The van der Waals surface area contributed by atoms with Crippen LogP contribution in [0.25, 0.3) is 43.6 Å². The molecule has 0 aliphatic carbocycles. The van der Waals surface area contributed by atoms with Crippen LogP contribution in [-0.4, -0.2) is 48.5 Å². The Morgan fingerprint density at radius 2 is 1.95 bits per heavy atom. The molecule has 0 radical (unpaired) electrons. The molecular weight excluding hydrogens is 480 g/mol. The fourth-order valence-electron chi connectivity index (χ4n) is 7.69. The molecule has 2 bridgehead atoms. The highest BCUT2D eigenvalue weighted by Crippen LogP contribution is 2.53. The highest BCUT2D eigenvalue weighted by Gasteiger charge is 2.53. The molecule has 3 aromatic carbocycles. The molecule has 8 nitrogen and oxygen atoms in total. The van der Waals surface area contributed by atoms with Crippen LogP contribution in [0.2, 0.25) is 0 Å². The zero-order valence-corrected chi connectivity index (χ0v) is 21.9. The predicted molar refractivity (Wildman–Crippen MR) is 146 cm³/mol. The van der Waals surface area contributed by atoms with Crippen molar-refractivity contribution in [2.45, 2.75) is 50.6 Å². The number of benzene rings is 3. The zero-order chi connectivity index (χ0) is 25.9. The molecule has 3 aliphatic rings. The third kappa shape index (κ3) is 2.52. The normalized spacial score (nSPS) is 26.1. The Bertz CT molecular complexity index is 1840. The maximum atomic E-state index is 13.5. The smallest absolute Gasteiger partial charge is 0.252 e. The molecule has 194 valence electrons. The van der Waals surface area contributed by atoms with Gasteiger partial charge in [0.1, 0.15) is 12.3 Å². The minimum atomic E-state index is -0.786. The van der Waals surface area contributed by atoms with Crippen LogP contribution in [0.1, 0.15) is 41.1 Å². The van der Waals surface area contributed by atoms with Gasteiger partial charge in [-0.25, -0.2) is 0 Å². The number of nitrogens with zero attached hydrogens (tertiary/aromatic N) is 2. The summed E-state index contributed by atoms with van der Waals surface area (Å²) in [6, 6.07) is 15.0. The third-order valence-electron chi connectivity index (χ3n) is 9.06. The summed E-state index contributed by atoms with van der Waals surface area (Å²) < 4.78 is 23.5. The second-order valence-corrected chi connectivity index (χ2v) is 10.9. The first kappa shape index (κ1) is 22.5. The lowest BCUT2D eigenvalue weighted by Gasteiger charge is -2.48. The van der Waals surface area contributed by atoms with Gasteiger partial charge >= 0.3 is 0 Å². The Balaban J connectivity index is 1.68. The summed E-state index contributed by atoms with van der Waals surface area (Å²) in [6.45, 7) is 3.17. The lowest BCUT2D eigenvalue weighted by Crippen LogP contribution is -2.59. The Hall–Kier alpha value is -3.43. The van der Waals surface area contributed by atoms with Gasteiger partial charge in [0.25, 0.3) is 5.91 Å². The van der Waals surface area contributed by atoms with Crippen LogP contribution >= 0.6 is 0 Å². The molecule has 2 aromatic heterocycles. The summed E-state index contributed by atoms with van der Waals surface area (Å²) in [5.74, 6) is -0.0165. The van der Waals surface area contributed by atoms with Crippen molar-refractivity contribution in [2.75, 3.05) is 21.3 Å². The fourth-order valence-corrected chi connectivity index (χ4v) is 7.69. The van der Waals surface area contributed by atoms with Gasteiger partial charge < -0.3 is 34.0 Å². The lowest BCUT2D eigenvalue weighted by atomic mass is 9.93. The van der Waals surface area contributed by atoms with Gasteiger partial charge in [-0.2, -0.15) is 0 Å². The molecular formula is C30H30N4O4. The van der Waals surface area contributed by atoms with Crippen molar-refractivity contribution in [3.8, 4) is 0 Å². The number of hydrogen-bond acceptors (Lipinski definition) is 5. The van der Waals surface area contributed by atoms with Crippen LogP contribution in [0.3, 0.4) is 0 Å². The van der Waals surface area contributed by atoms with E-state index in [1.165, 1.54) is 0 Å². The van der Waals surface area contributed by atoms with E-state index in [0.29, 0.717) is 13.2 Å². The molecule has 1 amide bonds. The second-order valence-electron chi connectivity index (χ2n) is 10.9. The van der Waals surface area contributed by atoms with E-state index in [0.717, 1.165) is 66.7 Å². The quantitative estimate of drug-likeness (QED) is 0.372. The number of carbonyl (C=O) groups is 1. The number of ether oxygens (including phenoxy) is 3. The van der Waals surface area contributed by atoms with Crippen molar-refractivity contribution in [1.29, 1.82) is 0 Å². The number of fused-ring (bicyclic) bond motifs is 13. The molecule has 0 saturated carbocycles. The monoisotopic (exact) mass is 510 g/mol. The minimum absolute atomic E-state index is 0.0165. The van der Waals surface area contributed by atoms with Crippen molar-refractivity contribution in [3.63, 3.8) is 0 Å². The number of amides is 1. The molecule has 2 N–H and O–H groups in total. The van der Waals surface area contributed by atoms with Crippen molar-refractivity contribution in [2.24, 2.45) is 0 Å². The van der Waals surface area contributed by atoms with Gasteiger partial charge in [-0.15, -0.1) is 0 Å². The fraction of sp³-hybridized carbons (Fsp3) is 0.367. The average Bonchev–Trinajstić information content (AvgIpc) is 3.56. The molecule has 1 fully saturated rings. The topological polar surface area (TPSA) is 78.7 Å². The highest BCUT2D eigenvalue weighted by molar-refractivity contribution is 6.31. The van der Waals surface area contributed by atoms with Gasteiger partial charge in [0.2, 0.25) is 0 Å². The van der Waals surface area contributed by atoms with Crippen LogP contribution in [-0.2, 0) is 33.1 Å². The number of likely N-dealkylation sites (N-methyl/N-ethyl adjacent to an activating group) is 1. The molecule has 3 aliphatic heterocycles. The summed E-state index contributed by atoms with van der Waals surface area (Å²) in [7, 11) is 5.47. The first-order chi connectivity index (χ1) is 18.5. The average molecular weight is 511 g/mol. The number of rotatable bonds is 4. The van der Waals surface area contributed by atoms with Gasteiger partial charge in [0.05, 0.1) is 34.2 Å². The minimum Gasteiger partial charge on any atom is -0.380 e. The Kier molecular flexibility index (Phi) is 4.49. The first-order valence-electron chi connectivity index (χ1n) is 13.2. The number of carbonyl (C=O) groups excluding carboxylic acids is 1. The Morgan fingerprint density at radius 1 is 1.11 bits per heavy atom. The second kappa shape index (κ2) is 7.57. The Morgan fingerprint density at radius 3 is 2.74 bits per heavy atom. The van der Waals surface area contributed by atoms with Gasteiger partial charge in [-0.05, 0) is 43.3 Å². The molecule has 5 heterocycles. The van der Waals surface area contributed by atoms with E-state index in [1.54, 1.807) is 14.2 Å². The summed E-state index contributed by atoms with van der Waals surface area (Å²) >= 11 is 0. The lowest BCUT2D eigenvalue weighted by molar-refractivity contribution is -0.256. The standard InChI is InChI=1S/C30H30N4O4/c1-30-28(37-4)19(31-2)12-22(38-30)33-20-10-9-15(14-36-3)11-17(20)24-25-18(13-32-29(25)35)23-16-7-5-6-8-21(16)34(30)27(23)26(24)33/h5-11,19,22,28,31H,12-14H2,1-4H3,(H,32,35)/t19?,22-,28?,30+/m1/s1. The van der Waals surface area contributed by atoms with Crippen molar-refractivity contribution < 1.29 is 19.0 Å². The SMILES string of the molecule is CNC1C[C@H]2O[C@@](C)(C1OC)n1c3ccccc3c3c4c(c5c6cc(COC)ccc6n2c5c31)C(=O)NC4. The van der Waals surface area contributed by atoms with Gasteiger partial charge in [0.15, 0.2) is 5.72 Å². The molecule has 2 unspecified atom stereocenters. The maximum absolute atomic E-state index is 13.5. The van der Waals surface area contributed by atoms with E-state index in [4.69, 9.17) is 14.2 Å². The van der Waals surface area contributed by atoms with Crippen LogP contribution in [0.4, 0.5) is 0 Å². The van der Waals surface area contributed by atoms with Crippen LogP contribution in [0.15, 0.2) is 42.5 Å². The largest absolute Gasteiger partial charge is 0.380 e. The number of nitrogens with one attached hydrogen (secondary N) is 2. The summed E-state index contributed by atoms with van der Waals surface area (Å²) in [5, 5.41) is 11.0. The van der Waals surface area contributed by atoms with E-state index >= 15 is 0 Å². The zero-order valence-electron chi connectivity index (χ0n) is 21.9. The van der Waals surface area contributed by atoms with Crippen LogP contribution < -0.4 is 10.6 Å². The van der Waals surface area contributed by atoms with Gasteiger partial charge in [0, 0.05) is 54.8 Å². The number of hydrogen-bond donors (Lipinski definition) is 2. The van der Waals surface area contributed by atoms with Gasteiger partial charge in [-0.3, -0.25) is 4.79 Å². The molecule has 4 atom stereocenters. The highest BCUT2D eigenvalue weighted by atomic mass is 16.6. The molecule has 8 heteroatoms. The first-order valence-corrected chi connectivity index (χ1v) is 13.2. The van der Waals surface area contributed by atoms with Crippen LogP contribution in [0.5, 0.6) is 0 Å². The number of para-hydroxylation sites is 1. The van der Waals surface area contributed by atoms with E-state index < -0.39 is 5.72 Å². The molecule has 38 heavy (non-hydrogen) atoms. The van der Waals surface area contributed by atoms with Crippen molar-refractivity contribution >= 4 is 49.5 Å². The number of methoxy groups -OCH3 is 2. The van der Waals surface area contributed by atoms with E-state index in [-0.39, 0.29) is 24.3 Å².